The standard InChI is InChI=1S/C40H54N4O7/c1-11-40(50-20-15-27(49-10)22(4)5)37(47)30-28-29(34(45)26(9)36(30)51-40)35(46)33(32-31(28)43-39(44-32)16-18-41-19-17-39)42-38(48)24(7)14-12-13-23(6)25(8)21(2)3/h12-15,20-23,25,27,41,45-46H,11,16-19H2,1-10H3,(H,42,48)/b13-12+,20-15+,24-14-/t23-,25+,27-,40-/m0/s1. The summed E-state index contributed by atoms with van der Waals surface area (Å²) in [5.41, 5.74) is -0.0344. The molecular formula is C40H54N4O7. The molecule has 2 aromatic carbocycles. The van der Waals surface area contributed by atoms with Crippen molar-refractivity contribution >= 4 is 28.2 Å². The molecule has 11 heteroatoms. The summed E-state index contributed by atoms with van der Waals surface area (Å²) >= 11 is 0. The summed E-state index contributed by atoms with van der Waals surface area (Å²) in [6.45, 7) is 19.2. The summed E-state index contributed by atoms with van der Waals surface area (Å²) in [6.07, 6.45) is 9.92. The summed E-state index contributed by atoms with van der Waals surface area (Å²) in [7, 11) is 1.60. The Hall–Kier alpha value is -4.22. The first-order valence-corrected chi connectivity index (χ1v) is 18.1. The topological polar surface area (TPSA) is 151 Å². The number of hydrogen-bond donors (Lipinski definition) is 4. The van der Waals surface area contributed by atoms with Gasteiger partial charge in [0, 0.05) is 42.9 Å². The highest BCUT2D eigenvalue weighted by molar-refractivity contribution is 6.19. The van der Waals surface area contributed by atoms with Crippen LogP contribution in [0.1, 0.15) is 90.6 Å². The van der Waals surface area contributed by atoms with Crippen molar-refractivity contribution in [3.05, 3.63) is 58.0 Å². The van der Waals surface area contributed by atoms with Crippen molar-refractivity contribution in [2.75, 3.05) is 25.5 Å². The van der Waals surface area contributed by atoms with E-state index in [0.717, 1.165) is 0 Å². The average Bonchev–Trinajstić information content (AvgIpc) is 3.61. The van der Waals surface area contributed by atoms with E-state index in [2.05, 4.69) is 44.4 Å². The van der Waals surface area contributed by atoms with Crippen LogP contribution in [-0.2, 0) is 14.3 Å². The minimum atomic E-state index is -1.73. The highest BCUT2D eigenvalue weighted by atomic mass is 16.7. The van der Waals surface area contributed by atoms with Gasteiger partial charge in [0.05, 0.1) is 28.7 Å². The molecule has 2 aromatic rings. The van der Waals surface area contributed by atoms with E-state index in [-0.39, 0.29) is 62.9 Å². The van der Waals surface area contributed by atoms with E-state index >= 15 is 0 Å². The molecule has 1 spiro atoms. The van der Waals surface area contributed by atoms with Crippen LogP contribution in [0.15, 0.2) is 46.1 Å². The van der Waals surface area contributed by atoms with Crippen LogP contribution < -0.4 is 26.1 Å². The fraction of sp³-hybridized carbons (Fsp3) is 0.550. The van der Waals surface area contributed by atoms with Crippen LogP contribution in [0.2, 0.25) is 0 Å². The Kier molecular flexibility index (Phi) is 11.0. The molecule has 3 aliphatic rings. The molecule has 1 fully saturated rings. The molecule has 1 saturated heterocycles. The van der Waals surface area contributed by atoms with Crippen LogP contribution >= 0.6 is 0 Å². The van der Waals surface area contributed by atoms with E-state index in [1.165, 1.54) is 6.26 Å². The molecule has 0 aromatic heterocycles. The van der Waals surface area contributed by atoms with Crippen molar-refractivity contribution < 1.29 is 34.0 Å². The van der Waals surface area contributed by atoms with Gasteiger partial charge in [0.2, 0.25) is 0 Å². The van der Waals surface area contributed by atoms with Crippen LogP contribution in [0.5, 0.6) is 17.2 Å². The molecule has 0 unspecified atom stereocenters. The van der Waals surface area contributed by atoms with E-state index < -0.39 is 28.9 Å². The Bertz CT molecular complexity index is 1920. The number of benzene rings is 2. The summed E-state index contributed by atoms with van der Waals surface area (Å²) in [5.74, 6) is -1.70. The van der Waals surface area contributed by atoms with E-state index in [4.69, 9.17) is 24.2 Å². The Morgan fingerprint density at radius 1 is 1.02 bits per heavy atom. The second kappa shape index (κ2) is 14.8. The third-order valence-corrected chi connectivity index (χ3v) is 10.9. The number of aromatic hydroxyl groups is 2. The number of hydrogen-bond acceptors (Lipinski definition) is 10. The van der Waals surface area contributed by atoms with Crippen LogP contribution in [0.4, 0.5) is 5.69 Å². The van der Waals surface area contributed by atoms with Gasteiger partial charge in [-0.15, -0.1) is 0 Å². The normalized spacial score (nSPS) is 21.6. The molecule has 1 amide bonds. The number of anilines is 1. The van der Waals surface area contributed by atoms with Gasteiger partial charge in [0.15, 0.2) is 11.4 Å². The number of amides is 1. The van der Waals surface area contributed by atoms with Crippen LogP contribution in [0, 0.1) is 30.6 Å². The molecule has 276 valence electrons. The first kappa shape index (κ1) is 38.0. The number of methoxy groups -OCH3 is 1. The van der Waals surface area contributed by atoms with Gasteiger partial charge in [0.1, 0.15) is 22.5 Å². The van der Waals surface area contributed by atoms with Gasteiger partial charge in [-0.1, -0.05) is 66.7 Å². The zero-order valence-electron chi connectivity index (χ0n) is 31.6. The number of phenols is 2. The first-order chi connectivity index (χ1) is 24.1. The molecule has 0 saturated carbocycles. The van der Waals surface area contributed by atoms with Crippen molar-refractivity contribution in [3.8, 4) is 17.2 Å². The number of Topliss-reactive ketones (excluding diaryl/α,β-unsaturated/α-hetero) is 1. The van der Waals surface area contributed by atoms with Crippen molar-refractivity contribution in [1.29, 1.82) is 0 Å². The van der Waals surface area contributed by atoms with Crippen LogP contribution in [-0.4, -0.2) is 59.7 Å². The number of piperidine rings is 1. The second-order valence-corrected chi connectivity index (χ2v) is 14.9. The minimum absolute atomic E-state index is 0.0121. The molecule has 51 heavy (non-hydrogen) atoms. The zero-order chi connectivity index (χ0) is 37.4. The van der Waals surface area contributed by atoms with Gasteiger partial charge in [-0.05, 0) is 56.7 Å². The fourth-order valence-corrected chi connectivity index (χ4v) is 6.99. The van der Waals surface area contributed by atoms with Crippen molar-refractivity contribution in [2.24, 2.45) is 33.7 Å². The van der Waals surface area contributed by atoms with Crippen molar-refractivity contribution in [1.82, 2.24) is 5.32 Å². The number of nitrogens with zero attached hydrogens (tertiary/aromatic N) is 2. The monoisotopic (exact) mass is 702 g/mol. The number of ether oxygens (including phenoxy) is 3. The molecule has 0 aliphatic carbocycles. The predicted molar refractivity (Wildman–Crippen MR) is 198 cm³/mol. The maximum atomic E-state index is 14.5. The van der Waals surface area contributed by atoms with Gasteiger partial charge in [0.25, 0.3) is 11.7 Å². The molecular weight excluding hydrogens is 648 g/mol. The van der Waals surface area contributed by atoms with Gasteiger partial charge in [-0.3, -0.25) is 19.6 Å². The predicted octanol–water partition coefficient (Wildman–Crippen LogP) is 6.14. The molecule has 0 radical (unpaired) electrons. The van der Waals surface area contributed by atoms with Crippen molar-refractivity contribution in [2.45, 2.75) is 99.1 Å². The zero-order valence-corrected chi connectivity index (χ0v) is 31.6. The number of ketones is 1. The first-order valence-electron chi connectivity index (χ1n) is 18.1. The summed E-state index contributed by atoms with van der Waals surface area (Å²) in [4.78, 5) is 38.3. The highest BCUT2D eigenvalue weighted by Crippen LogP contribution is 2.50. The van der Waals surface area contributed by atoms with Gasteiger partial charge in [-0.2, -0.15) is 0 Å². The third-order valence-electron chi connectivity index (χ3n) is 10.9. The maximum Gasteiger partial charge on any atom is 0.315 e. The number of phenolic OH excluding ortho intramolecular Hbond substituents is 2. The number of rotatable bonds is 12. The molecule has 11 nitrogen and oxygen atoms in total. The highest BCUT2D eigenvalue weighted by Gasteiger charge is 2.52. The van der Waals surface area contributed by atoms with Gasteiger partial charge >= 0.3 is 5.79 Å². The van der Waals surface area contributed by atoms with E-state index in [1.807, 2.05) is 19.9 Å². The SMILES string of the molecule is CC[C@]1(O/C=C/[C@H](OC)C(C)C)Oc2c(C)c(O)c3c(O)c(NC(=O)/C(C)=C\C=C\[C@H](C)[C@H](C)C(C)C)c4c(c3c2C1=O)=NC1(CCNCC1)N=4. The van der Waals surface area contributed by atoms with Crippen LogP contribution in [0.25, 0.3) is 10.8 Å². The molecule has 3 aliphatic heterocycles. The summed E-state index contributed by atoms with van der Waals surface area (Å²) < 4.78 is 17.9. The lowest BCUT2D eigenvalue weighted by Gasteiger charge is -2.28. The number of carbonyl (C=O) groups excluding carboxylic acids is 2. The minimum Gasteiger partial charge on any atom is -0.507 e. The van der Waals surface area contributed by atoms with Crippen LogP contribution in [0.3, 0.4) is 0 Å². The Labute approximate surface area is 300 Å². The second-order valence-electron chi connectivity index (χ2n) is 14.9. The van der Waals surface area contributed by atoms with Gasteiger partial charge in [-0.25, -0.2) is 0 Å². The van der Waals surface area contributed by atoms with E-state index in [0.29, 0.717) is 54.6 Å². The Balaban J connectivity index is 1.66. The maximum absolute atomic E-state index is 14.5. The lowest BCUT2D eigenvalue weighted by molar-refractivity contribution is -0.112. The van der Waals surface area contributed by atoms with Crippen molar-refractivity contribution in [3.63, 3.8) is 0 Å². The quantitative estimate of drug-likeness (QED) is 0.0891. The number of fused-ring (bicyclic) bond motifs is 5. The summed E-state index contributed by atoms with van der Waals surface area (Å²) in [5, 5.41) is 30.6. The Morgan fingerprint density at radius 2 is 1.69 bits per heavy atom. The molecule has 3 heterocycles. The average molecular weight is 703 g/mol. The molecule has 0 bridgehead atoms. The molecule has 4 N–H and O–H groups in total. The Morgan fingerprint density at radius 3 is 2.29 bits per heavy atom. The molecule has 5 rings (SSSR count). The number of carbonyl (C=O) groups is 2. The fourth-order valence-electron chi connectivity index (χ4n) is 6.99. The molecule has 4 atom stereocenters. The largest absolute Gasteiger partial charge is 0.507 e. The van der Waals surface area contributed by atoms with E-state index in [1.54, 1.807) is 40.0 Å². The lowest BCUT2D eigenvalue weighted by Crippen LogP contribution is -2.41. The van der Waals surface area contributed by atoms with Gasteiger partial charge < -0.3 is 35.1 Å². The van der Waals surface area contributed by atoms with E-state index in [9.17, 15) is 19.8 Å². The number of nitrogens with one attached hydrogen (secondary N) is 2. The third kappa shape index (κ3) is 6.90. The number of allylic oxidation sites excluding steroid dienone is 3. The lowest BCUT2D eigenvalue weighted by atomic mass is 9.86. The smallest absolute Gasteiger partial charge is 0.315 e. The summed E-state index contributed by atoms with van der Waals surface area (Å²) in [6, 6.07) is 0.